The first-order valence-corrected chi connectivity index (χ1v) is 5.93. The van der Waals surface area contributed by atoms with Gasteiger partial charge in [0.25, 0.3) is 5.69 Å². The Morgan fingerprint density at radius 1 is 1.41 bits per heavy atom. The van der Waals surface area contributed by atoms with Gasteiger partial charge in [0, 0.05) is 17.7 Å². The molecule has 1 atom stereocenters. The molecule has 0 bridgehead atoms. The van der Waals surface area contributed by atoms with Gasteiger partial charge in [0.15, 0.2) is 0 Å². The summed E-state index contributed by atoms with van der Waals surface area (Å²) in [7, 11) is 0. The third-order valence-corrected chi connectivity index (χ3v) is 2.82. The summed E-state index contributed by atoms with van der Waals surface area (Å²) >= 11 is 0. The van der Waals surface area contributed by atoms with Crippen LogP contribution in [0.1, 0.15) is 24.0 Å². The summed E-state index contributed by atoms with van der Waals surface area (Å²) in [6.45, 7) is 0. The predicted molar refractivity (Wildman–Crippen MR) is 73.9 cm³/mol. The van der Waals surface area contributed by atoms with Crippen molar-refractivity contribution in [3.8, 4) is 0 Å². The van der Waals surface area contributed by atoms with Crippen molar-refractivity contribution in [3.63, 3.8) is 0 Å². The summed E-state index contributed by atoms with van der Waals surface area (Å²) in [6, 6.07) is 1.35. The van der Waals surface area contributed by atoms with Crippen LogP contribution < -0.4 is 5.73 Å². The first-order valence-electron chi connectivity index (χ1n) is 5.93. The fraction of sp³-hybridized carbons (Fsp3) is 0.417. The minimum Gasteiger partial charge on any atom is -0.481 e. The molecule has 0 aliphatic carbocycles. The van der Waals surface area contributed by atoms with E-state index in [4.69, 9.17) is 10.8 Å². The molecule has 22 heavy (non-hydrogen) atoms. The van der Waals surface area contributed by atoms with Crippen LogP contribution in [0.25, 0.3) is 0 Å². The molecule has 0 aliphatic rings. The lowest BCUT2D eigenvalue weighted by atomic mass is 10.00. The highest BCUT2D eigenvalue weighted by Gasteiger charge is 2.32. The number of benzene rings is 1. The Morgan fingerprint density at radius 2 is 2.00 bits per heavy atom. The highest BCUT2D eigenvalue weighted by Crippen LogP contribution is 2.33. The van der Waals surface area contributed by atoms with Crippen molar-refractivity contribution in [2.75, 3.05) is 0 Å². The summed E-state index contributed by atoms with van der Waals surface area (Å²) in [6.07, 6.45) is -5.02. The second-order valence-corrected chi connectivity index (χ2v) is 4.49. The normalized spacial score (nSPS) is 12.4. The number of nitrogens with zero attached hydrogens (tertiary/aromatic N) is 1. The Morgan fingerprint density at radius 3 is 2.45 bits per heavy atom. The van der Waals surface area contributed by atoms with Crippen molar-refractivity contribution in [1.29, 1.82) is 0 Å². The molecule has 0 heterocycles. The van der Waals surface area contributed by atoms with Gasteiger partial charge in [0.1, 0.15) is 0 Å². The first kappa shape index (κ1) is 20.1. The molecule has 0 radical (unpaired) electrons. The maximum Gasteiger partial charge on any atom is 0.416 e. The topological polar surface area (TPSA) is 106 Å². The van der Waals surface area contributed by atoms with E-state index in [2.05, 4.69) is 0 Å². The number of alkyl halides is 3. The standard InChI is InChI=1S/C12H13F3N2O4.ClH/c13-12(14,15)8-2-4-10(17(20)21)7(5-8)1-3-9(16)6-11(18)19;/h2,4-5,9H,1,3,6,16H2,(H,18,19);1H. The summed E-state index contributed by atoms with van der Waals surface area (Å²) in [5.74, 6) is -1.14. The number of aryl methyl sites for hydroxylation is 1. The van der Waals surface area contributed by atoms with Crippen LogP contribution in [0, 0.1) is 10.1 Å². The van der Waals surface area contributed by atoms with Crippen molar-refractivity contribution in [2.24, 2.45) is 5.73 Å². The maximum absolute atomic E-state index is 12.6. The minimum absolute atomic E-state index is 0. The van der Waals surface area contributed by atoms with Gasteiger partial charge in [-0.2, -0.15) is 13.2 Å². The number of carboxylic acid groups (broad SMARTS) is 1. The van der Waals surface area contributed by atoms with Crippen molar-refractivity contribution >= 4 is 24.1 Å². The third-order valence-electron chi connectivity index (χ3n) is 2.82. The second kappa shape index (κ2) is 7.95. The van der Waals surface area contributed by atoms with Crippen molar-refractivity contribution < 1.29 is 28.0 Å². The number of nitro benzene ring substituents is 1. The quantitative estimate of drug-likeness (QED) is 0.610. The first-order chi connectivity index (χ1) is 9.61. The van der Waals surface area contributed by atoms with Gasteiger partial charge in [-0.1, -0.05) is 0 Å². The number of rotatable bonds is 6. The van der Waals surface area contributed by atoms with E-state index in [0.29, 0.717) is 12.1 Å². The lowest BCUT2D eigenvalue weighted by molar-refractivity contribution is -0.385. The predicted octanol–water partition coefficient (Wildman–Crippen LogP) is 2.77. The Balaban J connectivity index is 0.00000441. The van der Waals surface area contributed by atoms with Gasteiger partial charge in [-0.3, -0.25) is 14.9 Å². The Kier molecular flexibility index (Phi) is 7.27. The molecule has 0 saturated heterocycles. The van der Waals surface area contributed by atoms with Gasteiger partial charge < -0.3 is 10.8 Å². The molecule has 0 spiro atoms. The van der Waals surface area contributed by atoms with E-state index in [9.17, 15) is 28.1 Å². The lowest BCUT2D eigenvalue weighted by Gasteiger charge is -2.11. The van der Waals surface area contributed by atoms with Gasteiger partial charge >= 0.3 is 12.1 Å². The summed E-state index contributed by atoms with van der Waals surface area (Å²) < 4.78 is 37.8. The van der Waals surface area contributed by atoms with Gasteiger partial charge in [0.2, 0.25) is 0 Å². The van der Waals surface area contributed by atoms with Gasteiger partial charge in [0.05, 0.1) is 16.9 Å². The van der Waals surface area contributed by atoms with E-state index in [1.165, 1.54) is 0 Å². The van der Waals surface area contributed by atoms with Crippen molar-refractivity contribution in [1.82, 2.24) is 0 Å². The molecule has 10 heteroatoms. The van der Waals surface area contributed by atoms with E-state index < -0.39 is 34.4 Å². The molecule has 0 aromatic heterocycles. The second-order valence-electron chi connectivity index (χ2n) is 4.49. The van der Waals surface area contributed by atoms with Crippen LogP contribution in [-0.2, 0) is 17.4 Å². The van der Waals surface area contributed by atoms with Crippen LogP contribution in [-0.4, -0.2) is 22.0 Å². The Bertz CT molecular complexity index is 552. The molecule has 0 aliphatic heterocycles. The number of carbonyl (C=O) groups is 1. The molecular formula is C12H14ClF3N2O4. The van der Waals surface area contributed by atoms with E-state index in [1.54, 1.807) is 0 Å². The lowest BCUT2D eigenvalue weighted by Crippen LogP contribution is -2.24. The minimum atomic E-state index is -4.60. The Hall–Kier alpha value is -1.87. The summed E-state index contributed by atoms with van der Waals surface area (Å²) in [4.78, 5) is 20.5. The molecule has 1 aromatic rings. The molecule has 1 rings (SSSR count). The largest absolute Gasteiger partial charge is 0.481 e. The summed E-state index contributed by atoms with van der Waals surface area (Å²) in [5.41, 5.74) is 3.95. The van der Waals surface area contributed by atoms with E-state index in [0.717, 1.165) is 6.07 Å². The fourth-order valence-corrected chi connectivity index (χ4v) is 1.81. The number of hydrogen-bond acceptors (Lipinski definition) is 4. The maximum atomic E-state index is 12.6. The van der Waals surface area contributed by atoms with Gasteiger partial charge in [-0.05, 0) is 25.0 Å². The fourth-order valence-electron chi connectivity index (χ4n) is 1.81. The van der Waals surface area contributed by atoms with E-state index >= 15 is 0 Å². The average Bonchev–Trinajstić information content (AvgIpc) is 2.33. The summed E-state index contributed by atoms with van der Waals surface area (Å²) in [5, 5.41) is 19.3. The molecule has 1 aromatic carbocycles. The highest BCUT2D eigenvalue weighted by atomic mass is 35.5. The monoisotopic (exact) mass is 342 g/mol. The Labute approximate surface area is 129 Å². The number of nitrogens with two attached hydrogens (primary N) is 1. The zero-order valence-corrected chi connectivity index (χ0v) is 12.0. The van der Waals surface area contributed by atoms with Crippen LogP contribution in [0.2, 0.25) is 0 Å². The smallest absolute Gasteiger partial charge is 0.416 e. The van der Waals surface area contributed by atoms with Crippen LogP contribution in [0.15, 0.2) is 18.2 Å². The third kappa shape index (κ3) is 5.86. The van der Waals surface area contributed by atoms with E-state index in [-0.39, 0.29) is 37.2 Å². The molecule has 6 nitrogen and oxygen atoms in total. The highest BCUT2D eigenvalue weighted by molar-refractivity contribution is 5.85. The van der Waals surface area contributed by atoms with Crippen LogP contribution in [0.4, 0.5) is 18.9 Å². The zero-order valence-electron chi connectivity index (χ0n) is 11.2. The zero-order chi connectivity index (χ0) is 16.2. The van der Waals surface area contributed by atoms with Crippen LogP contribution in [0.5, 0.6) is 0 Å². The van der Waals surface area contributed by atoms with Gasteiger partial charge in [-0.25, -0.2) is 0 Å². The number of nitro groups is 1. The average molecular weight is 343 g/mol. The van der Waals surface area contributed by atoms with Crippen LogP contribution in [0.3, 0.4) is 0 Å². The number of carboxylic acids is 1. The SMILES string of the molecule is Cl.NC(CCc1cc(C(F)(F)F)ccc1[N+](=O)[O-])CC(=O)O. The molecular weight excluding hydrogens is 329 g/mol. The number of halogens is 4. The molecule has 3 N–H and O–H groups in total. The molecule has 124 valence electrons. The molecule has 0 amide bonds. The van der Waals surface area contributed by atoms with Gasteiger partial charge in [-0.15, -0.1) is 12.4 Å². The molecule has 1 unspecified atom stereocenters. The van der Waals surface area contributed by atoms with Crippen molar-refractivity contribution in [2.45, 2.75) is 31.5 Å². The number of aliphatic carboxylic acids is 1. The molecule has 0 saturated carbocycles. The van der Waals surface area contributed by atoms with Crippen molar-refractivity contribution in [3.05, 3.63) is 39.4 Å². The van der Waals surface area contributed by atoms with E-state index in [1.807, 2.05) is 0 Å². The molecule has 0 fully saturated rings. The van der Waals surface area contributed by atoms with Crippen LogP contribution >= 0.6 is 12.4 Å². The number of hydrogen-bond donors (Lipinski definition) is 2.